The Morgan fingerprint density at radius 3 is 2.88 bits per heavy atom. The van der Waals surface area contributed by atoms with Gasteiger partial charge in [0.15, 0.2) is 0 Å². The van der Waals surface area contributed by atoms with Crippen LogP contribution in [-0.4, -0.2) is 34.4 Å². The summed E-state index contributed by atoms with van der Waals surface area (Å²) in [6.45, 7) is 0.638. The molecule has 0 saturated heterocycles. The van der Waals surface area contributed by atoms with E-state index >= 15 is 0 Å². The summed E-state index contributed by atoms with van der Waals surface area (Å²) in [5, 5.41) is 2.76. The summed E-state index contributed by atoms with van der Waals surface area (Å²) in [6, 6.07) is 3.31. The van der Waals surface area contributed by atoms with E-state index in [2.05, 4.69) is 10.3 Å². The molecule has 0 saturated carbocycles. The molecule has 1 amide bonds. The summed E-state index contributed by atoms with van der Waals surface area (Å²) in [6.07, 6.45) is 3.49. The van der Waals surface area contributed by atoms with Crippen LogP contribution in [-0.2, 0) is 0 Å². The van der Waals surface area contributed by atoms with E-state index in [-0.39, 0.29) is 10.9 Å². The van der Waals surface area contributed by atoms with E-state index in [1.54, 1.807) is 23.9 Å². The van der Waals surface area contributed by atoms with Crippen LogP contribution in [0.3, 0.4) is 0 Å². The fraction of sp³-hybridized carbons (Fsp3) is 0.300. The lowest BCUT2D eigenvalue weighted by atomic mass is 10.2. The topological polar surface area (TPSA) is 68.0 Å². The van der Waals surface area contributed by atoms with Gasteiger partial charge in [0, 0.05) is 24.1 Å². The van der Waals surface area contributed by atoms with E-state index in [1.165, 1.54) is 6.20 Å². The second kappa shape index (κ2) is 6.44. The largest absolute Gasteiger partial charge is 0.389 e. The molecule has 0 aliphatic heterocycles. The van der Waals surface area contributed by atoms with Crippen molar-refractivity contribution in [2.24, 2.45) is 5.73 Å². The zero-order valence-corrected chi connectivity index (χ0v) is 10.5. The predicted octanol–water partition coefficient (Wildman–Crippen LogP) is 0.809. The van der Waals surface area contributed by atoms with E-state index in [4.69, 9.17) is 18.0 Å². The number of nitrogens with one attached hydrogen (secondary N) is 1. The molecule has 1 aromatic rings. The number of nitrogens with zero attached hydrogens (tertiary/aromatic N) is 1. The zero-order chi connectivity index (χ0) is 12.0. The number of amides is 1. The minimum atomic E-state index is -0.177. The van der Waals surface area contributed by atoms with Gasteiger partial charge in [0.1, 0.15) is 10.7 Å². The Hall–Kier alpha value is -1.14. The maximum absolute atomic E-state index is 11.6. The molecular formula is C10H13N3OS2. The normalized spacial score (nSPS) is 9.81. The number of thiocarbonyl (C=S) groups is 1. The monoisotopic (exact) mass is 255 g/mol. The highest BCUT2D eigenvalue weighted by Crippen LogP contribution is 2.00. The minimum absolute atomic E-state index is 0.177. The first-order valence-electron chi connectivity index (χ1n) is 4.68. The molecule has 0 unspecified atom stereocenters. The van der Waals surface area contributed by atoms with Crippen LogP contribution in [0.4, 0.5) is 0 Å². The van der Waals surface area contributed by atoms with Crippen molar-refractivity contribution in [1.82, 2.24) is 10.3 Å². The van der Waals surface area contributed by atoms with Crippen molar-refractivity contribution >= 4 is 34.9 Å². The first-order valence-corrected chi connectivity index (χ1v) is 6.48. The second-order valence-electron chi connectivity index (χ2n) is 3.05. The molecule has 3 N–H and O–H groups in total. The van der Waals surface area contributed by atoms with Crippen LogP contribution in [0.1, 0.15) is 16.1 Å². The third-order valence-electron chi connectivity index (χ3n) is 1.87. The van der Waals surface area contributed by atoms with Gasteiger partial charge in [-0.3, -0.25) is 9.78 Å². The molecule has 6 heteroatoms. The van der Waals surface area contributed by atoms with Crippen molar-refractivity contribution in [3.8, 4) is 0 Å². The van der Waals surface area contributed by atoms with Gasteiger partial charge in [0.25, 0.3) is 5.91 Å². The van der Waals surface area contributed by atoms with Gasteiger partial charge in [-0.15, -0.1) is 0 Å². The summed E-state index contributed by atoms with van der Waals surface area (Å²) in [4.78, 5) is 15.8. The third-order valence-corrected chi connectivity index (χ3v) is 2.72. The van der Waals surface area contributed by atoms with E-state index in [0.29, 0.717) is 17.8 Å². The molecule has 86 valence electrons. The lowest BCUT2D eigenvalue weighted by Gasteiger charge is -2.03. The fourth-order valence-corrected chi connectivity index (χ4v) is 1.46. The number of pyridine rings is 1. The molecule has 4 nitrogen and oxygen atoms in total. The van der Waals surface area contributed by atoms with Gasteiger partial charge >= 0.3 is 0 Å². The Kier molecular flexibility index (Phi) is 5.21. The smallest absolute Gasteiger partial charge is 0.269 e. The van der Waals surface area contributed by atoms with E-state index in [1.807, 2.05) is 6.26 Å². The quantitative estimate of drug-likeness (QED) is 0.602. The van der Waals surface area contributed by atoms with Gasteiger partial charge in [-0.2, -0.15) is 11.8 Å². The first-order chi connectivity index (χ1) is 7.65. The molecule has 0 radical (unpaired) electrons. The number of aromatic nitrogens is 1. The summed E-state index contributed by atoms with van der Waals surface area (Å²) < 4.78 is 0. The summed E-state index contributed by atoms with van der Waals surface area (Å²) in [5.41, 5.74) is 6.46. The summed E-state index contributed by atoms with van der Waals surface area (Å²) >= 11 is 6.47. The van der Waals surface area contributed by atoms with Gasteiger partial charge in [-0.05, 0) is 18.4 Å². The lowest BCUT2D eigenvalue weighted by Crippen LogP contribution is -2.26. The third kappa shape index (κ3) is 3.79. The van der Waals surface area contributed by atoms with Gasteiger partial charge in [0.05, 0.1) is 0 Å². The minimum Gasteiger partial charge on any atom is -0.389 e. The Bertz CT molecular complexity index is 378. The first kappa shape index (κ1) is 12.9. The molecular weight excluding hydrogens is 242 g/mol. The number of thioether (sulfide) groups is 1. The standard InChI is InChI=1S/C10H13N3OS2/c1-16-5-4-12-10(14)8-3-2-7(6-13-8)9(11)15/h2-3,6H,4-5H2,1H3,(H2,11,15)(H,12,14). The van der Waals surface area contributed by atoms with Crippen molar-refractivity contribution < 1.29 is 4.79 Å². The molecule has 1 heterocycles. The molecule has 0 aliphatic rings. The van der Waals surface area contributed by atoms with Crippen molar-refractivity contribution in [3.05, 3.63) is 29.6 Å². The highest BCUT2D eigenvalue weighted by Gasteiger charge is 2.06. The van der Waals surface area contributed by atoms with Crippen LogP contribution in [0, 0.1) is 0 Å². The molecule has 0 spiro atoms. The van der Waals surface area contributed by atoms with Crippen LogP contribution in [0.5, 0.6) is 0 Å². The average molecular weight is 255 g/mol. The molecule has 1 aromatic heterocycles. The number of hydrogen-bond acceptors (Lipinski definition) is 4. The molecule has 0 bridgehead atoms. The number of carbonyl (C=O) groups is 1. The Morgan fingerprint density at radius 1 is 1.62 bits per heavy atom. The fourth-order valence-electron chi connectivity index (χ4n) is 1.03. The van der Waals surface area contributed by atoms with Gasteiger partial charge in [0.2, 0.25) is 0 Å². The predicted molar refractivity (Wildman–Crippen MR) is 70.8 cm³/mol. The highest BCUT2D eigenvalue weighted by molar-refractivity contribution is 7.98. The Morgan fingerprint density at radius 2 is 2.38 bits per heavy atom. The highest BCUT2D eigenvalue weighted by atomic mass is 32.2. The van der Waals surface area contributed by atoms with Crippen molar-refractivity contribution in [3.63, 3.8) is 0 Å². The maximum Gasteiger partial charge on any atom is 0.269 e. The van der Waals surface area contributed by atoms with Gasteiger partial charge < -0.3 is 11.1 Å². The number of nitrogens with two attached hydrogens (primary N) is 1. The maximum atomic E-state index is 11.6. The van der Waals surface area contributed by atoms with Crippen molar-refractivity contribution in [2.45, 2.75) is 0 Å². The van der Waals surface area contributed by atoms with Gasteiger partial charge in [-0.1, -0.05) is 12.2 Å². The molecule has 0 aromatic carbocycles. The van der Waals surface area contributed by atoms with Crippen LogP contribution < -0.4 is 11.1 Å². The summed E-state index contributed by atoms with van der Waals surface area (Å²) in [5.74, 6) is 0.708. The van der Waals surface area contributed by atoms with Crippen LogP contribution in [0.25, 0.3) is 0 Å². The Balaban J connectivity index is 2.59. The number of rotatable bonds is 5. The second-order valence-corrected chi connectivity index (χ2v) is 4.47. The van der Waals surface area contributed by atoms with E-state index < -0.39 is 0 Å². The van der Waals surface area contributed by atoms with Gasteiger partial charge in [-0.25, -0.2) is 0 Å². The summed E-state index contributed by atoms with van der Waals surface area (Å²) in [7, 11) is 0. The zero-order valence-electron chi connectivity index (χ0n) is 8.90. The molecule has 16 heavy (non-hydrogen) atoms. The molecule has 1 rings (SSSR count). The number of carbonyl (C=O) groups excluding carboxylic acids is 1. The number of hydrogen-bond donors (Lipinski definition) is 2. The molecule has 0 aliphatic carbocycles. The van der Waals surface area contributed by atoms with Crippen LogP contribution >= 0.6 is 24.0 Å². The van der Waals surface area contributed by atoms with E-state index in [9.17, 15) is 4.79 Å². The molecule has 0 atom stereocenters. The van der Waals surface area contributed by atoms with Crippen molar-refractivity contribution in [1.29, 1.82) is 0 Å². The Labute approximate surface area is 104 Å². The van der Waals surface area contributed by atoms with E-state index in [0.717, 1.165) is 5.75 Å². The molecule has 0 fully saturated rings. The average Bonchev–Trinajstić information content (AvgIpc) is 2.29. The lowest BCUT2D eigenvalue weighted by molar-refractivity contribution is 0.0951. The SMILES string of the molecule is CSCCNC(=O)c1ccc(C(N)=S)cn1. The van der Waals surface area contributed by atoms with Crippen molar-refractivity contribution in [2.75, 3.05) is 18.6 Å². The van der Waals surface area contributed by atoms with Crippen LogP contribution in [0.2, 0.25) is 0 Å². The van der Waals surface area contributed by atoms with Crippen LogP contribution in [0.15, 0.2) is 18.3 Å².